The third kappa shape index (κ3) is 9.24. The van der Waals surface area contributed by atoms with Crippen LogP contribution in [-0.4, -0.2) is 0 Å². The molecule has 0 spiro atoms. The van der Waals surface area contributed by atoms with Gasteiger partial charge in [0, 0.05) is 26.2 Å². The minimum atomic E-state index is -2.53. The Morgan fingerprint density at radius 2 is 0.592 bits per heavy atom. The molecule has 0 bridgehead atoms. The standard InChI is InChI=1S/C28H10F10.2C5H5.Zr/c29-19-17(20(30)24(34)27(37)23(19)33)15(11-13-7-3-1-4-8-13)16(12-14-9-5-2-6-10-14)18-21(31)25(35)28(38)26(36)22(18)32;2*1-2-4-5-3-1;/h1-10H;2*1-5H;/q-2;2*-1;. The average molecular weight is 758 g/mol. The first-order valence-corrected chi connectivity index (χ1v) is 13.8. The van der Waals surface area contributed by atoms with Gasteiger partial charge in [-0.1, -0.05) is 36.4 Å². The Kier molecular flexibility index (Phi) is 14.3. The number of allylic oxidation sites excluding steroid dienone is 2. The summed E-state index contributed by atoms with van der Waals surface area (Å²) in [7, 11) is 0. The minimum Gasteiger partial charge on any atom is -0.214 e. The van der Waals surface area contributed by atoms with Crippen molar-refractivity contribution in [2.75, 3.05) is 0 Å². The normalized spacial score (nSPS) is 11.1. The Balaban J connectivity index is 0.000000504. The monoisotopic (exact) mass is 756 g/mol. The zero-order chi connectivity index (χ0) is 34.8. The molecule has 49 heavy (non-hydrogen) atoms. The number of benzene rings is 4. The van der Waals surface area contributed by atoms with Crippen molar-refractivity contribution < 1.29 is 70.1 Å². The number of hydrogen-bond acceptors (Lipinski definition) is 0. The van der Waals surface area contributed by atoms with Gasteiger partial charge < -0.3 is 0 Å². The van der Waals surface area contributed by atoms with Crippen molar-refractivity contribution in [3.05, 3.63) is 214 Å². The predicted octanol–water partition coefficient (Wildman–Crippen LogP) is 11.1. The maximum atomic E-state index is 15.0. The second-order valence-electron chi connectivity index (χ2n) is 9.55. The molecule has 0 amide bonds. The topological polar surface area (TPSA) is 0 Å². The maximum Gasteiger partial charge on any atom is 0.199 e. The van der Waals surface area contributed by atoms with Crippen LogP contribution in [0.2, 0.25) is 0 Å². The van der Waals surface area contributed by atoms with Gasteiger partial charge in [0.05, 0.1) is 0 Å². The number of rotatable bonds is 5. The number of hydrogen-bond donors (Lipinski definition) is 0. The van der Waals surface area contributed by atoms with E-state index in [0.29, 0.717) is 0 Å². The summed E-state index contributed by atoms with van der Waals surface area (Å²) in [6.07, 6.45) is 4.57. The molecule has 0 aromatic heterocycles. The molecular formula is C38H20F10Zr-4. The Bertz CT molecular complexity index is 1760. The summed E-state index contributed by atoms with van der Waals surface area (Å²) in [5.41, 5.74) is -6.13. The van der Waals surface area contributed by atoms with E-state index in [9.17, 15) is 43.9 Å². The largest absolute Gasteiger partial charge is 0.214 e. The van der Waals surface area contributed by atoms with E-state index >= 15 is 0 Å². The molecular weight excluding hydrogens is 738 g/mol. The van der Waals surface area contributed by atoms with Gasteiger partial charge in [-0.15, -0.1) is 35.4 Å². The maximum absolute atomic E-state index is 15.0. The van der Waals surface area contributed by atoms with Crippen molar-refractivity contribution in [3.8, 4) is 0 Å². The van der Waals surface area contributed by atoms with Crippen LogP contribution in [0.15, 0.2) is 121 Å². The van der Waals surface area contributed by atoms with Crippen LogP contribution in [0.3, 0.4) is 0 Å². The molecule has 0 saturated heterocycles. The molecule has 0 aliphatic heterocycles. The van der Waals surface area contributed by atoms with Crippen LogP contribution in [0.1, 0.15) is 22.3 Å². The first-order valence-electron chi connectivity index (χ1n) is 13.8. The van der Waals surface area contributed by atoms with Crippen molar-refractivity contribution in [1.82, 2.24) is 0 Å². The Hall–Kier alpha value is -4.76. The molecule has 6 aromatic rings. The predicted molar refractivity (Wildman–Crippen MR) is 161 cm³/mol. The smallest absolute Gasteiger partial charge is 0.199 e. The SMILES string of the molecule is Fc1c(F)c(F)c(C(=[C-]c2ccccc2)C(=[C-]c2ccccc2)c2c(F)c(F)c(F)c(F)c2F)c(F)c1F.[Zr].c1cc[cH-]c1.c1cc[cH-]c1. The van der Waals surface area contributed by atoms with Gasteiger partial charge in [0.25, 0.3) is 0 Å². The fourth-order valence-corrected chi connectivity index (χ4v) is 4.12. The average Bonchev–Trinajstić information content (AvgIpc) is 3.89. The summed E-state index contributed by atoms with van der Waals surface area (Å²) >= 11 is 0. The molecule has 0 heterocycles. The molecule has 0 saturated carbocycles. The Labute approximate surface area is 294 Å². The molecule has 0 aliphatic carbocycles. The van der Waals surface area contributed by atoms with Crippen LogP contribution in [0.25, 0.3) is 11.1 Å². The molecule has 6 aromatic carbocycles. The Morgan fingerprint density at radius 3 is 0.816 bits per heavy atom. The molecule has 0 nitrogen and oxygen atoms in total. The zero-order valence-corrected chi connectivity index (χ0v) is 27.3. The Morgan fingerprint density at radius 1 is 0.347 bits per heavy atom. The van der Waals surface area contributed by atoms with Crippen molar-refractivity contribution in [2.24, 2.45) is 0 Å². The van der Waals surface area contributed by atoms with Crippen molar-refractivity contribution in [1.29, 1.82) is 0 Å². The molecule has 0 atom stereocenters. The third-order valence-electron chi connectivity index (χ3n) is 6.37. The summed E-state index contributed by atoms with van der Waals surface area (Å²) in [6, 6.07) is 33.4. The molecule has 0 unspecified atom stereocenters. The molecule has 0 N–H and O–H groups in total. The van der Waals surface area contributed by atoms with Crippen molar-refractivity contribution in [3.63, 3.8) is 0 Å². The van der Waals surface area contributed by atoms with Crippen LogP contribution in [0.4, 0.5) is 43.9 Å². The molecule has 250 valence electrons. The van der Waals surface area contributed by atoms with E-state index in [0.717, 1.165) is 0 Å². The van der Waals surface area contributed by atoms with E-state index in [1.165, 1.54) is 60.7 Å². The van der Waals surface area contributed by atoms with Gasteiger partial charge in [-0.25, -0.2) is 68.2 Å². The second-order valence-corrected chi connectivity index (χ2v) is 9.55. The van der Waals surface area contributed by atoms with Crippen LogP contribution < -0.4 is 0 Å². The van der Waals surface area contributed by atoms with E-state index in [-0.39, 0.29) is 37.3 Å². The minimum absolute atomic E-state index is 0. The summed E-state index contributed by atoms with van der Waals surface area (Å²) in [5, 5.41) is 0. The summed E-state index contributed by atoms with van der Waals surface area (Å²) in [6.45, 7) is 0. The number of halogens is 10. The van der Waals surface area contributed by atoms with Gasteiger partial charge in [0.1, 0.15) is 23.3 Å². The van der Waals surface area contributed by atoms with Gasteiger partial charge in [-0.2, -0.15) is 59.7 Å². The van der Waals surface area contributed by atoms with E-state index in [1.807, 2.05) is 60.7 Å². The molecule has 0 aliphatic rings. The summed E-state index contributed by atoms with van der Waals surface area (Å²) in [4.78, 5) is 0. The zero-order valence-electron chi connectivity index (χ0n) is 24.8. The van der Waals surface area contributed by atoms with E-state index in [4.69, 9.17) is 0 Å². The first-order chi connectivity index (χ1) is 23.0. The van der Waals surface area contributed by atoms with Crippen LogP contribution >= 0.6 is 0 Å². The van der Waals surface area contributed by atoms with Gasteiger partial charge in [-0.3, -0.25) is 0 Å². The molecule has 6 rings (SSSR count). The van der Waals surface area contributed by atoms with Crippen molar-refractivity contribution >= 4 is 11.1 Å². The van der Waals surface area contributed by atoms with Gasteiger partial charge in [0.2, 0.25) is 0 Å². The third-order valence-corrected chi connectivity index (χ3v) is 6.37. The van der Waals surface area contributed by atoms with Gasteiger partial charge >= 0.3 is 0 Å². The van der Waals surface area contributed by atoms with Crippen LogP contribution in [0, 0.1) is 70.3 Å². The van der Waals surface area contributed by atoms with Crippen molar-refractivity contribution in [2.45, 2.75) is 0 Å². The van der Waals surface area contributed by atoms with E-state index in [1.54, 1.807) is 0 Å². The van der Waals surface area contributed by atoms with Crippen LogP contribution in [0.5, 0.6) is 0 Å². The van der Waals surface area contributed by atoms with E-state index < -0.39 is 80.4 Å². The van der Waals surface area contributed by atoms with Gasteiger partial charge in [-0.05, 0) is 11.1 Å². The quantitative estimate of drug-likeness (QED) is 0.0410. The van der Waals surface area contributed by atoms with Crippen LogP contribution in [-0.2, 0) is 26.2 Å². The molecule has 0 fully saturated rings. The summed E-state index contributed by atoms with van der Waals surface area (Å²) in [5.74, 6) is -24.5. The van der Waals surface area contributed by atoms with E-state index in [2.05, 4.69) is 12.2 Å². The fraction of sp³-hybridized carbons (Fsp3) is 0. The van der Waals surface area contributed by atoms with Gasteiger partial charge in [0.15, 0.2) is 34.9 Å². The molecule has 0 radical (unpaired) electrons. The second kappa shape index (κ2) is 18.1. The molecule has 11 heteroatoms. The summed E-state index contributed by atoms with van der Waals surface area (Å²) < 4.78 is 144. The first kappa shape index (κ1) is 38.7. The fourth-order valence-electron chi connectivity index (χ4n) is 4.12.